The van der Waals surface area contributed by atoms with Crippen molar-refractivity contribution in [2.45, 2.75) is 13.0 Å². The predicted molar refractivity (Wildman–Crippen MR) is 116 cm³/mol. The van der Waals surface area contributed by atoms with Gasteiger partial charge in [-0.1, -0.05) is 36.4 Å². The summed E-state index contributed by atoms with van der Waals surface area (Å²) in [6, 6.07) is 15.9. The highest BCUT2D eigenvalue weighted by Gasteiger charge is 2.23. The van der Waals surface area contributed by atoms with Crippen LogP contribution in [0.1, 0.15) is 11.1 Å². The molecule has 0 atom stereocenters. The molecule has 0 radical (unpaired) electrons. The molecule has 2 aromatic carbocycles. The molecule has 0 aliphatic carbocycles. The molecule has 2 aliphatic rings. The van der Waals surface area contributed by atoms with Gasteiger partial charge in [0.05, 0.1) is 18.6 Å². The normalized spacial score (nSPS) is 17.1. The Morgan fingerprint density at radius 1 is 0.933 bits per heavy atom. The highest BCUT2D eigenvalue weighted by molar-refractivity contribution is 5.80. The molecular weight excluding hydrogens is 380 g/mol. The van der Waals surface area contributed by atoms with Crippen molar-refractivity contribution in [1.29, 1.82) is 0 Å². The lowest BCUT2D eigenvalue weighted by Crippen LogP contribution is -2.37. The third kappa shape index (κ3) is 3.80. The number of nitrogens with zero attached hydrogens (tertiary/aromatic N) is 2. The van der Waals surface area contributed by atoms with Crippen molar-refractivity contribution in [3.8, 4) is 5.75 Å². The molecule has 0 N–H and O–H groups in total. The average Bonchev–Trinajstić information content (AvgIpc) is 2.81. The SMILES string of the molecule is O=c1c(OCCN2CCc3ccccc3C2)c(N2CCOCC2)oc2ccccc12. The Labute approximate surface area is 175 Å². The van der Waals surface area contributed by atoms with E-state index in [0.29, 0.717) is 55.5 Å². The molecule has 0 spiro atoms. The lowest BCUT2D eigenvalue weighted by Gasteiger charge is -2.30. The van der Waals surface area contributed by atoms with Crippen molar-refractivity contribution >= 4 is 16.9 Å². The van der Waals surface area contributed by atoms with E-state index in [4.69, 9.17) is 13.9 Å². The summed E-state index contributed by atoms with van der Waals surface area (Å²) in [5.41, 5.74) is 3.29. The number of benzene rings is 2. The molecule has 1 aromatic heterocycles. The molecule has 0 amide bonds. The van der Waals surface area contributed by atoms with Crippen molar-refractivity contribution in [2.24, 2.45) is 0 Å². The van der Waals surface area contributed by atoms with Gasteiger partial charge in [-0.15, -0.1) is 0 Å². The molecule has 1 fully saturated rings. The quantitative estimate of drug-likeness (QED) is 0.649. The van der Waals surface area contributed by atoms with Gasteiger partial charge in [0.1, 0.15) is 12.2 Å². The van der Waals surface area contributed by atoms with E-state index < -0.39 is 0 Å². The Morgan fingerprint density at radius 2 is 1.70 bits per heavy atom. The van der Waals surface area contributed by atoms with Crippen LogP contribution >= 0.6 is 0 Å². The molecule has 1 saturated heterocycles. The van der Waals surface area contributed by atoms with Gasteiger partial charge in [-0.05, 0) is 29.7 Å². The third-order valence-corrected chi connectivity index (χ3v) is 5.90. The fraction of sp³-hybridized carbons (Fsp3) is 0.375. The predicted octanol–water partition coefficient (Wildman–Crippen LogP) is 3.07. The zero-order valence-corrected chi connectivity index (χ0v) is 17.0. The molecule has 3 heterocycles. The first-order valence-corrected chi connectivity index (χ1v) is 10.6. The summed E-state index contributed by atoms with van der Waals surface area (Å²) in [6.07, 6.45) is 1.05. The fourth-order valence-electron chi connectivity index (χ4n) is 4.24. The van der Waals surface area contributed by atoms with Crippen LogP contribution in [0.25, 0.3) is 11.0 Å². The Balaban J connectivity index is 1.35. The number of rotatable bonds is 5. The first-order valence-electron chi connectivity index (χ1n) is 10.6. The van der Waals surface area contributed by atoms with Crippen LogP contribution in [0.5, 0.6) is 5.75 Å². The Kier molecular flexibility index (Phi) is 5.43. The van der Waals surface area contributed by atoms with Crippen molar-refractivity contribution in [3.05, 3.63) is 69.9 Å². The van der Waals surface area contributed by atoms with Gasteiger partial charge < -0.3 is 18.8 Å². The molecular formula is C24H26N2O4. The van der Waals surface area contributed by atoms with Gasteiger partial charge in [0.2, 0.25) is 17.1 Å². The molecule has 0 saturated carbocycles. The summed E-state index contributed by atoms with van der Waals surface area (Å²) in [5.74, 6) is 0.832. The number of para-hydroxylation sites is 1. The van der Waals surface area contributed by atoms with Gasteiger partial charge in [-0.25, -0.2) is 0 Å². The number of anilines is 1. The van der Waals surface area contributed by atoms with E-state index in [1.54, 1.807) is 6.07 Å². The molecule has 30 heavy (non-hydrogen) atoms. The molecule has 2 aliphatic heterocycles. The minimum absolute atomic E-state index is 0.109. The van der Waals surface area contributed by atoms with Crippen LogP contribution in [-0.4, -0.2) is 50.9 Å². The maximum atomic E-state index is 13.2. The van der Waals surface area contributed by atoms with Gasteiger partial charge in [-0.2, -0.15) is 0 Å². The maximum Gasteiger partial charge on any atom is 0.243 e. The van der Waals surface area contributed by atoms with Gasteiger partial charge in [0, 0.05) is 32.7 Å². The summed E-state index contributed by atoms with van der Waals surface area (Å²) in [7, 11) is 0. The number of morpholine rings is 1. The molecule has 6 nitrogen and oxygen atoms in total. The van der Waals surface area contributed by atoms with Crippen molar-refractivity contribution in [3.63, 3.8) is 0 Å². The largest absolute Gasteiger partial charge is 0.484 e. The standard InChI is InChI=1S/C24H26N2O4/c27-22-20-7-3-4-8-21(20)30-24(26-12-14-28-15-13-26)23(22)29-16-11-25-10-9-18-5-1-2-6-19(18)17-25/h1-8H,9-17H2. The van der Waals surface area contributed by atoms with E-state index in [1.807, 2.05) is 23.1 Å². The molecule has 6 heteroatoms. The minimum atomic E-state index is -0.109. The molecule has 0 unspecified atom stereocenters. The van der Waals surface area contributed by atoms with Gasteiger partial charge in [-0.3, -0.25) is 9.69 Å². The van der Waals surface area contributed by atoms with E-state index in [0.717, 1.165) is 26.1 Å². The zero-order valence-electron chi connectivity index (χ0n) is 17.0. The van der Waals surface area contributed by atoms with Gasteiger partial charge in [0.25, 0.3) is 0 Å². The number of hydrogen-bond donors (Lipinski definition) is 0. The van der Waals surface area contributed by atoms with E-state index in [2.05, 4.69) is 29.2 Å². The van der Waals surface area contributed by atoms with Crippen LogP contribution in [0.15, 0.2) is 57.7 Å². The van der Waals surface area contributed by atoms with Crippen molar-refractivity contribution in [1.82, 2.24) is 4.90 Å². The second-order valence-electron chi connectivity index (χ2n) is 7.80. The lowest BCUT2D eigenvalue weighted by atomic mass is 10.0. The number of ether oxygens (including phenoxy) is 2. The topological polar surface area (TPSA) is 55.2 Å². The summed E-state index contributed by atoms with van der Waals surface area (Å²) < 4.78 is 17.7. The molecule has 3 aromatic rings. The number of fused-ring (bicyclic) bond motifs is 2. The molecule has 5 rings (SSSR count). The Hall–Kier alpha value is -2.83. The highest BCUT2D eigenvalue weighted by Crippen LogP contribution is 2.30. The first kappa shape index (κ1) is 19.2. The van der Waals surface area contributed by atoms with Crippen LogP contribution in [-0.2, 0) is 17.7 Å². The smallest absolute Gasteiger partial charge is 0.243 e. The summed E-state index contributed by atoms with van der Waals surface area (Å²) in [4.78, 5) is 17.6. The Bertz CT molecular complexity index is 1090. The lowest BCUT2D eigenvalue weighted by molar-refractivity contribution is 0.120. The fourth-order valence-corrected chi connectivity index (χ4v) is 4.24. The molecule has 156 valence electrons. The Morgan fingerprint density at radius 3 is 2.57 bits per heavy atom. The molecule has 0 bridgehead atoms. The first-order chi connectivity index (χ1) is 14.8. The van der Waals surface area contributed by atoms with E-state index >= 15 is 0 Å². The third-order valence-electron chi connectivity index (χ3n) is 5.90. The van der Waals surface area contributed by atoms with Crippen LogP contribution in [0.4, 0.5) is 5.88 Å². The van der Waals surface area contributed by atoms with E-state index in [1.165, 1.54) is 11.1 Å². The average molecular weight is 406 g/mol. The highest BCUT2D eigenvalue weighted by atomic mass is 16.5. The second kappa shape index (κ2) is 8.50. The van der Waals surface area contributed by atoms with Crippen LogP contribution in [0, 0.1) is 0 Å². The zero-order chi connectivity index (χ0) is 20.3. The second-order valence-corrected chi connectivity index (χ2v) is 7.80. The maximum absolute atomic E-state index is 13.2. The van der Waals surface area contributed by atoms with Crippen molar-refractivity contribution in [2.75, 3.05) is 50.9 Å². The monoisotopic (exact) mass is 406 g/mol. The summed E-state index contributed by atoms with van der Waals surface area (Å²) >= 11 is 0. The summed E-state index contributed by atoms with van der Waals surface area (Å²) in [6.45, 7) is 5.73. The van der Waals surface area contributed by atoms with Gasteiger partial charge >= 0.3 is 0 Å². The van der Waals surface area contributed by atoms with Crippen LogP contribution in [0.3, 0.4) is 0 Å². The van der Waals surface area contributed by atoms with Gasteiger partial charge in [0.15, 0.2) is 0 Å². The van der Waals surface area contributed by atoms with Crippen LogP contribution in [0.2, 0.25) is 0 Å². The van der Waals surface area contributed by atoms with E-state index in [9.17, 15) is 4.79 Å². The van der Waals surface area contributed by atoms with Crippen molar-refractivity contribution < 1.29 is 13.9 Å². The summed E-state index contributed by atoms with van der Waals surface area (Å²) in [5, 5.41) is 0.552. The number of hydrogen-bond acceptors (Lipinski definition) is 6. The van der Waals surface area contributed by atoms with Crippen LogP contribution < -0.4 is 15.1 Å². The van der Waals surface area contributed by atoms with E-state index in [-0.39, 0.29) is 5.43 Å². The minimum Gasteiger partial charge on any atom is -0.484 e.